The third kappa shape index (κ3) is 5.20. The first kappa shape index (κ1) is 18.8. The van der Waals surface area contributed by atoms with Crippen molar-refractivity contribution in [2.24, 2.45) is 11.8 Å². The van der Waals surface area contributed by atoms with Crippen molar-refractivity contribution in [1.82, 2.24) is 10.2 Å². The molecule has 3 N–H and O–H groups in total. The van der Waals surface area contributed by atoms with E-state index >= 15 is 0 Å². The molecule has 1 saturated heterocycles. The van der Waals surface area contributed by atoms with Crippen LogP contribution < -0.4 is 10.6 Å². The van der Waals surface area contributed by atoms with E-state index in [1.54, 1.807) is 29.2 Å². The van der Waals surface area contributed by atoms with Gasteiger partial charge in [-0.1, -0.05) is 6.92 Å². The highest BCUT2D eigenvalue weighted by Gasteiger charge is 2.32. The quantitative estimate of drug-likeness (QED) is 0.779. The fourth-order valence-corrected chi connectivity index (χ4v) is 3.00. The molecule has 136 valence electrons. The van der Waals surface area contributed by atoms with Crippen LogP contribution in [0, 0.1) is 11.8 Å². The van der Waals surface area contributed by atoms with Gasteiger partial charge in [0, 0.05) is 30.4 Å². The number of carboxylic acids is 1. The van der Waals surface area contributed by atoms with Crippen LogP contribution >= 0.6 is 0 Å². The van der Waals surface area contributed by atoms with Gasteiger partial charge in [-0.25, -0.2) is 4.79 Å². The van der Waals surface area contributed by atoms with Crippen LogP contribution in [0.3, 0.4) is 0 Å². The number of carbonyl (C=O) groups is 3. The summed E-state index contributed by atoms with van der Waals surface area (Å²) in [6.07, 6.45) is 0.590. The number of carboxylic acid groups (broad SMARTS) is 1. The van der Waals surface area contributed by atoms with E-state index in [2.05, 4.69) is 10.6 Å². The van der Waals surface area contributed by atoms with E-state index in [0.717, 1.165) is 0 Å². The van der Waals surface area contributed by atoms with Gasteiger partial charge in [-0.3, -0.25) is 9.59 Å². The number of benzene rings is 1. The zero-order valence-corrected chi connectivity index (χ0v) is 14.8. The summed E-state index contributed by atoms with van der Waals surface area (Å²) in [6, 6.07) is 6.34. The molecule has 2 atom stereocenters. The predicted octanol–water partition coefficient (Wildman–Crippen LogP) is 2.40. The summed E-state index contributed by atoms with van der Waals surface area (Å²) >= 11 is 0. The van der Waals surface area contributed by atoms with E-state index in [0.29, 0.717) is 24.2 Å². The van der Waals surface area contributed by atoms with Gasteiger partial charge in [-0.2, -0.15) is 0 Å². The van der Waals surface area contributed by atoms with Gasteiger partial charge in [-0.15, -0.1) is 0 Å². The normalized spacial score (nSPS) is 20.2. The SMILES string of the molecule is CC1CC(C(=O)O)CN(C(=O)c2ccc(NC(=O)NC(C)C)cc2)C1. The van der Waals surface area contributed by atoms with E-state index in [1.807, 2.05) is 20.8 Å². The van der Waals surface area contributed by atoms with Crippen molar-refractivity contribution >= 4 is 23.6 Å². The van der Waals surface area contributed by atoms with Crippen molar-refractivity contribution in [2.75, 3.05) is 18.4 Å². The minimum atomic E-state index is -0.861. The van der Waals surface area contributed by atoms with Crippen molar-refractivity contribution < 1.29 is 19.5 Å². The van der Waals surface area contributed by atoms with E-state index in [4.69, 9.17) is 0 Å². The van der Waals surface area contributed by atoms with Crippen molar-refractivity contribution in [3.8, 4) is 0 Å². The predicted molar refractivity (Wildman–Crippen MR) is 94.5 cm³/mol. The molecule has 0 bridgehead atoms. The molecule has 25 heavy (non-hydrogen) atoms. The Kier molecular flexibility index (Phi) is 6.01. The lowest BCUT2D eigenvalue weighted by Crippen LogP contribution is -2.45. The fraction of sp³-hybridized carbons (Fsp3) is 0.500. The Labute approximate surface area is 147 Å². The topological polar surface area (TPSA) is 98.7 Å². The van der Waals surface area contributed by atoms with Gasteiger partial charge in [0.05, 0.1) is 5.92 Å². The summed E-state index contributed by atoms with van der Waals surface area (Å²) in [5.41, 5.74) is 1.07. The molecule has 3 amide bonds. The number of nitrogens with zero attached hydrogens (tertiary/aromatic N) is 1. The van der Waals surface area contributed by atoms with Gasteiger partial charge in [0.25, 0.3) is 5.91 Å². The summed E-state index contributed by atoms with van der Waals surface area (Å²) in [4.78, 5) is 37.1. The van der Waals surface area contributed by atoms with Crippen LogP contribution in [0.15, 0.2) is 24.3 Å². The molecule has 1 heterocycles. The lowest BCUT2D eigenvalue weighted by molar-refractivity contribution is -0.143. The van der Waals surface area contributed by atoms with E-state index < -0.39 is 11.9 Å². The highest BCUT2D eigenvalue weighted by atomic mass is 16.4. The second-order valence-corrected chi connectivity index (χ2v) is 6.92. The molecule has 1 aromatic rings. The molecular formula is C18H25N3O4. The number of carbonyl (C=O) groups excluding carboxylic acids is 2. The van der Waals surface area contributed by atoms with Crippen LogP contribution in [0.25, 0.3) is 0 Å². The van der Waals surface area contributed by atoms with Crippen LogP contribution in [-0.4, -0.2) is 47.0 Å². The molecule has 2 rings (SSSR count). The lowest BCUT2D eigenvalue weighted by atomic mass is 9.90. The summed E-state index contributed by atoms with van der Waals surface area (Å²) in [5.74, 6) is -1.41. The van der Waals surface area contributed by atoms with Gasteiger partial charge in [0.15, 0.2) is 0 Å². The number of likely N-dealkylation sites (tertiary alicyclic amines) is 1. The maximum absolute atomic E-state index is 12.6. The number of rotatable bonds is 4. The Morgan fingerprint density at radius 3 is 2.36 bits per heavy atom. The number of aliphatic carboxylic acids is 1. The van der Waals surface area contributed by atoms with E-state index in [9.17, 15) is 19.5 Å². The number of hydrogen-bond acceptors (Lipinski definition) is 3. The van der Waals surface area contributed by atoms with Gasteiger partial charge in [-0.05, 0) is 50.5 Å². The number of hydrogen-bond donors (Lipinski definition) is 3. The van der Waals surface area contributed by atoms with Crippen molar-refractivity contribution in [3.63, 3.8) is 0 Å². The van der Waals surface area contributed by atoms with Crippen LogP contribution in [0.2, 0.25) is 0 Å². The fourth-order valence-electron chi connectivity index (χ4n) is 3.00. The van der Waals surface area contributed by atoms with E-state index in [1.165, 1.54) is 0 Å². The number of nitrogens with one attached hydrogen (secondary N) is 2. The molecule has 1 fully saturated rings. The molecule has 2 unspecified atom stereocenters. The zero-order valence-electron chi connectivity index (χ0n) is 14.8. The highest BCUT2D eigenvalue weighted by molar-refractivity contribution is 5.96. The minimum absolute atomic E-state index is 0.0316. The van der Waals surface area contributed by atoms with Gasteiger partial charge in [0.2, 0.25) is 0 Å². The number of urea groups is 1. The van der Waals surface area contributed by atoms with Gasteiger partial charge < -0.3 is 20.6 Å². The molecule has 0 radical (unpaired) electrons. The van der Waals surface area contributed by atoms with Gasteiger partial charge in [0.1, 0.15) is 0 Å². The minimum Gasteiger partial charge on any atom is -0.481 e. The Hall–Kier alpha value is -2.57. The Morgan fingerprint density at radius 2 is 1.80 bits per heavy atom. The van der Waals surface area contributed by atoms with Crippen molar-refractivity contribution in [1.29, 1.82) is 0 Å². The second-order valence-electron chi connectivity index (χ2n) is 6.92. The second kappa shape index (κ2) is 8.00. The van der Waals surface area contributed by atoms with Crippen molar-refractivity contribution in [3.05, 3.63) is 29.8 Å². The Morgan fingerprint density at radius 1 is 1.16 bits per heavy atom. The Balaban J connectivity index is 2.02. The highest BCUT2D eigenvalue weighted by Crippen LogP contribution is 2.23. The molecule has 0 aromatic heterocycles. The summed E-state index contributed by atoms with van der Waals surface area (Å²) in [7, 11) is 0. The summed E-state index contributed by atoms with van der Waals surface area (Å²) < 4.78 is 0. The summed E-state index contributed by atoms with van der Waals surface area (Å²) in [6.45, 7) is 6.47. The van der Waals surface area contributed by atoms with Crippen LogP contribution in [0.1, 0.15) is 37.6 Å². The first-order valence-corrected chi connectivity index (χ1v) is 8.46. The average molecular weight is 347 g/mol. The van der Waals surface area contributed by atoms with Crippen LogP contribution in [0.5, 0.6) is 0 Å². The summed E-state index contributed by atoms with van der Waals surface area (Å²) in [5, 5.41) is 14.6. The number of piperidine rings is 1. The molecule has 7 nitrogen and oxygen atoms in total. The molecular weight excluding hydrogens is 322 g/mol. The first-order chi connectivity index (χ1) is 11.8. The number of amides is 3. The number of anilines is 1. The zero-order chi connectivity index (χ0) is 18.6. The molecule has 0 saturated carbocycles. The Bertz CT molecular complexity index is 642. The average Bonchev–Trinajstić information content (AvgIpc) is 2.53. The first-order valence-electron chi connectivity index (χ1n) is 8.46. The van der Waals surface area contributed by atoms with Crippen LogP contribution in [0.4, 0.5) is 10.5 Å². The van der Waals surface area contributed by atoms with Crippen LogP contribution in [-0.2, 0) is 4.79 Å². The van der Waals surface area contributed by atoms with E-state index in [-0.39, 0.29) is 30.4 Å². The third-order valence-electron chi connectivity index (χ3n) is 4.11. The third-order valence-corrected chi connectivity index (χ3v) is 4.11. The van der Waals surface area contributed by atoms with Gasteiger partial charge >= 0.3 is 12.0 Å². The molecule has 0 aliphatic carbocycles. The smallest absolute Gasteiger partial charge is 0.319 e. The molecule has 1 aromatic carbocycles. The standard InChI is InChI=1S/C18H25N3O4/c1-11(2)19-18(25)20-15-6-4-13(5-7-15)16(22)21-9-12(3)8-14(10-21)17(23)24/h4-7,11-12,14H,8-10H2,1-3H3,(H,23,24)(H2,19,20,25). The molecule has 1 aliphatic heterocycles. The maximum Gasteiger partial charge on any atom is 0.319 e. The van der Waals surface area contributed by atoms with Crippen molar-refractivity contribution in [2.45, 2.75) is 33.2 Å². The monoisotopic (exact) mass is 347 g/mol. The molecule has 1 aliphatic rings. The molecule has 0 spiro atoms. The maximum atomic E-state index is 12.6. The largest absolute Gasteiger partial charge is 0.481 e. The lowest BCUT2D eigenvalue weighted by Gasteiger charge is -2.34. The molecule has 7 heteroatoms.